The van der Waals surface area contributed by atoms with Crippen LogP contribution in [0, 0.1) is 5.92 Å². The molecule has 15 heavy (non-hydrogen) atoms. The molecule has 1 unspecified atom stereocenters. The third kappa shape index (κ3) is 1.61. The molecule has 1 aliphatic rings. The van der Waals surface area contributed by atoms with E-state index in [0.717, 1.165) is 5.92 Å². The van der Waals surface area contributed by atoms with Crippen molar-refractivity contribution in [1.82, 2.24) is 5.43 Å². The molecular formula is C11H14N2S2. The van der Waals surface area contributed by atoms with Gasteiger partial charge in [-0.1, -0.05) is 6.42 Å². The van der Waals surface area contributed by atoms with Crippen molar-refractivity contribution in [2.24, 2.45) is 11.8 Å². The van der Waals surface area contributed by atoms with E-state index in [4.69, 9.17) is 5.84 Å². The predicted molar refractivity (Wildman–Crippen MR) is 67.1 cm³/mol. The Bertz CT molecular complexity index is 427. The van der Waals surface area contributed by atoms with Crippen molar-refractivity contribution in [1.29, 1.82) is 0 Å². The van der Waals surface area contributed by atoms with E-state index >= 15 is 0 Å². The van der Waals surface area contributed by atoms with Crippen molar-refractivity contribution in [3.63, 3.8) is 0 Å². The highest BCUT2D eigenvalue weighted by Gasteiger charge is 2.28. The summed E-state index contributed by atoms with van der Waals surface area (Å²) in [5.41, 5.74) is 2.99. The molecule has 0 spiro atoms. The van der Waals surface area contributed by atoms with Crippen molar-refractivity contribution in [3.8, 4) is 0 Å². The molecule has 1 atom stereocenters. The minimum absolute atomic E-state index is 0.378. The maximum absolute atomic E-state index is 5.67. The fourth-order valence-corrected chi connectivity index (χ4v) is 4.44. The number of hydrazine groups is 1. The van der Waals surface area contributed by atoms with Crippen molar-refractivity contribution in [3.05, 3.63) is 22.4 Å². The zero-order valence-corrected chi connectivity index (χ0v) is 10.0. The van der Waals surface area contributed by atoms with E-state index in [1.54, 1.807) is 0 Å². The minimum Gasteiger partial charge on any atom is -0.271 e. The topological polar surface area (TPSA) is 38.0 Å². The molecule has 0 saturated heterocycles. The highest BCUT2D eigenvalue weighted by molar-refractivity contribution is 7.26. The van der Waals surface area contributed by atoms with Crippen LogP contribution >= 0.6 is 22.7 Å². The van der Waals surface area contributed by atoms with Crippen LogP contribution in [0.1, 0.15) is 30.2 Å². The van der Waals surface area contributed by atoms with Crippen molar-refractivity contribution >= 4 is 32.1 Å². The van der Waals surface area contributed by atoms with E-state index in [0.29, 0.717) is 6.04 Å². The van der Waals surface area contributed by atoms with Crippen LogP contribution in [0.25, 0.3) is 9.40 Å². The lowest BCUT2D eigenvalue weighted by molar-refractivity contribution is 0.235. The highest BCUT2D eigenvalue weighted by Crippen LogP contribution is 2.42. The standard InChI is InChI=1S/C11H14N2S2/c12-13-11(7-2-1-3-7)10-6-9-8(15-10)4-5-14-9/h4-7,11,13H,1-3,12H2. The molecule has 3 rings (SSSR count). The number of fused-ring (bicyclic) bond motifs is 1. The largest absolute Gasteiger partial charge is 0.271 e. The fourth-order valence-electron chi connectivity index (χ4n) is 2.16. The Kier molecular flexibility index (Phi) is 2.52. The number of hydrogen-bond donors (Lipinski definition) is 2. The van der Waals surface area contributed by atoms with Gasteiger partial charge in [0.25, 0.3) is 0 Å². The van der Waals surface area contributed by atoms with Crippen LogP contribution < -0.4 is 11.3 Å². The van der Waals surface area contributed by atoms with E-state index in [9.17, 15) is 0 Å². The van der Waals surface area contributed by atoms with Crippen LogP contribution in [0.4, 0.5) is 0 Å². The molecular weight excluding hydrogens is 224 g/mol. The first kappa shape index (κ1) is 9.78. The van der Waals surface area contributed by atoms with Gasteiger partial charge in [-0.25, -0.2) is 0 Å². The Labute approximate surface area is 97.1 Å². The van der Waals surface area contributed by atoms with Crippen LogP contribution in [-0.2, 0) is 0 Å². The number of nitrogens with two attached hydrogens (primary N) is 1. The Hall–Kier alpha value is -0.420. The SMILES string of the molecule is NNC(c1cc2sccc2s1)C1CCC1. The van der Waals surface area contributed by atoms with Crippen LogP contribution in [0.15, 0.2) is 17.5 Å². The maximum atomic E-state index is 5.67. The second kappa shape index (κ2) is 3.87. The van der Waals surface area contributed by atoms with E-state index in [-0.39, 0.29) is 0 Å². The highest BCUT2D eigenvalue weighted by atomic mass is 32.1. The van der Waals surface area contributed by atoms with E-state index in [1.807, 2.05) is 22.7 Å². The van der Waals surface area contributed by atoms with E-state index < -0.39 is 0 Å². The Morgan fingerprint density at radius 3 is 2.87 bits per heavy atom. The van der Waals surface area contributed by atoms with E-state index in [1.165, 1.54) is 33.5 Å². The van der Waals surface area contributed by atoms with Crippen molar-refractivity contribution < 1.29 is 0 Å². The molecule has 2 heterocycles. The lowest BCUT2D eigenvalue weighted by Crippen LogP contribution is -2.35. The lowest BCUT2D eigenvalue weighted by Gasteiger charge is -2.32. The fraction of sp³-hybridized carbons (Fsp3) is 0.455. The summed E-state index contributed by atoms with van der Waals surface area (Å²) in [7, 11) is 0. The molecule has 2 aromatic rings. The normalized spacial score (nSPS) is 19.3. The van der Waals surface area contributed by atoms with Gasteiger partial charge in [-0.05, 0) is 36.3 Å². The maximum Gasteiger partial charge on any atom is 0.0582 e. The summed E-state index contributed by atoms with van der Waals surface area (Å²) in [6.07, 6.45) is 4.00. The minimum atomic E-state index is 0.378. The van der Waals surface area contributed by atoms with Gasteiger partial charge in [0.1, 0.15) is 0 Å². The Balaban J connectivity index is 1.93. The van der Waals surface area contributed by atoms with Gasteiger partial charge in [-0.2, -0.15) is 0 Å². The molecule has 0 bridgehead atoms. The summed E-state index contributed by atoms with van der Waals surface area (Å²) >= 11 is 3.70. The molecule has 0 aliphatic heterocycles. The monoisotopic (exact) mass is 238 g/mol. The zero-order chi connectivity index (χ0) is 10.3. The molecule has 0 amide bonds. The van der Waals surface area contributed by atoms with Crippen LogP contribution in [0.5, 0.6) is 0 Å². The molecule has 2 aromatic heterocycles. The van der Waals surface area contributed by atoms with Gasteiger partial charge in [0.15, 0.2) is 0 Å². The molecule has 3 N–H and O–H groups in total. The van der Waals surface area contributed by atoms with Crippen LogP contribution in [0.3, 0.4) is 0 Å². The van der Waals surface area contributed by atoms with Crippen LogP contribution in [-0.4, -0.2) is 0 Å². The molecule has 0 radical (unpaired) electrons. The summed E-state index contributed by atoms with van der Waals surface area (Å²) in [6.45, 7) is 0. The summed E-state index contributed by atoms with van der Waals surface area (Å²) in [5, 5.41) is 2.15. The van der Waals surface area contributed by atoms with Gasteiger partial charge >= 0.3 is 0 Å². The Morgan fingerprint density at radius 2 is 2.27 bits per heavy atom. The molecule has 1 saturated carbocycles. The second-order valence-electron chi connectivity index (χ2n) is 4.13. The molecule has 2 nitrogen and oxygen atoms in total. The van der Waals surface area contributed by atoms with Crippen molar-refractivity contribution in [2.45, 2.75) is 25.3 Å². The average Bonchev–Trinajstić information content (AvgIpc) is 2.69. The van der Waals surface area contributed by atoms with Crippen molar-refractivity contribution in [2.75, 3.05) is 0 Å². The van der Waals surface area contributed by atoms with E-state index in [2.05, 4.69) is 22.9 Å². The van der Waals surface area contributed by atoms with Gasteiger partial charge < -0.3 is 0 Å². The summed E-state index contributed by atoms with van der Waals surface area (Å²) in [5.74, 6) is 6.42. The summed E-state index contributed by atoms with van der Waals surface area (Å²) < 4.78 is 2.80. The molecule has 80 valence electrons. The van der Waals surface area contributed by atoms with Gasteiger partial charge in [-0.3, -0.25) is 11.3 Å². The second-order valence-corrected chi connectivity index (χ2v) is 6.20. The molecule has 0 aromatic carbocycles. The zero-order valence-electron chi connectivity index (χ0n) is 8.40. The smallest absolute Gasteiger partial charge is 0.0582 e. The van der Waals surface area contributed by atoms with Crippen LogP contribution in [0.2, 0.25) is 0 Å². The number of thiophene rings is 2. The van der Waals surface area contributed by atoms with Gasteiger partial charge in [0.05, 0.1) is 6.04 Å². The number of nitrogens with one attached hydrogen (secondary N) is 1. The number of hydrogen-bond acceptors (Lipinski definition) is 4. The van der Waals surface area contributed by atoms with Gasteiger partial charge in [0.2, 0.25) is 0 Å². The third-order valence-electron chi connectivity index (χ3n) is 3.27. The molecule has 4 heteroatoms. The first-order chi connectivity index (χ1) is 7.38. The molecule has 1 aliphatic carbocycles. The predicted octanol–water partition coefficient (Wildman–Crippen LogP) is 3.27. The lowest BCUT2D eigenvalue weighted by atomic mass is 9.79. The third-order valence-corrected chi connectivity index (χ3v) is 5.44. The summed E-state index contributed by atoms with van der Waals surface area (Å²) in [4.78, 5) is 1.41. The molecule has 1 fully saturated rings. The quantitative estimate of drug-likeness (QED) is 0.636. The first-order valence-electron chi connectivity index (χ1n) is 5.31. The summed E-state index contributed by atoms with van der Waals surface area (Å²) in [6, 6.07) is 4.87. The van der Waals surface area contributed by atoms with Gasteiger partial charge in [0, 0.05) is 14.3 Å². The van der Waals surface area contributed by atoms with Gasteiger partial charge in [-0.15, -0.1) is 22.7 Å². The average molecular weight is 238 g/mol. The Morgan fingerprint density at radius 1 is 1.40 bits per heavy atom. The first-order valence-corrected chi connectivity index (χ1v) is 7.01. The number of rotatable bonds is 3.